The molecular formula is C54H95NO8. The first-order chi connectivity index (χ1) is 30.6. The monoisotopic (exact) mass is 886 g/mol. The van der Waals surface area contributed by atoms with E-state index in [9.17, 15) is 19.5 Å². The summed E-state index contributed by atoms with van der Waals surface area (Å²) in [6, 6.07) is 0. The first-order valence-corrected chi connectivity index (χ1v) is 25.4. The number of aliphatic carboxylic acids is 1. The minimum atomic E-state index is -1.63. The maximum Gasteiger partial charge on any atom is 0.306 e. The standard InChI is InChI=1S/C54H95NO8/c1-6-8-10-12-14-16-18-20-22-24-25-26-27-29-31-33-35-37-39-41-43-45-52(57)63-50(49-62-54(53(58)59)60-47-46-55(3,4)5)48-61-51(56)44-42-40-38-36-34-32-30-28-23-21-19-17-15-13-11-9-7-2/h15,17-18,20-21,23-25,27,29,50,54H,6-14,16,19,22,26,28,30-49H2,1-5H3/b17-15-,20-18-,23-21-,25-24-,29-27-. The van der Waals surface area contributed by atoms with Crippen molar-refractivity contribution in [3.8, 4) is 0 Å². The zero-order chi connectivity index (χ0) is 46.3. The first-order valence-electron chi connectivity index (χ1n) is 25.4. The van der Waals surface area contributed by atoms with Crippen molar-refractivity contribution in [1.29, 1.82) is 0 Å². The van der Waals surface area contributed by atoms with Crippen LogP contribution in [-0.2, 0) is 33.3 Å². The molecule has 0 aliphatic rings. The molecule has 364 valence electrons. The number of hydrogen-bond donors (Lipinski definition) is 0. The average Bonchev–Trinajstić information content (AvgIpc) is 3.24. The van der Waals surface area contributed by atoms with Crippen molar-refractivity contribution in [3.05, 3.63) is 60.8 Å². The fourth-order valence-corrected chi connectivity index (χ4v) is 6.75. The fraction of sp³-hybridized carbons (Fsp3) is 0.759. The minimum Gasteiger partial charge on any atom is -0.545 e. The van der Waals surface area contributed by atoms with Crippen LogP contribution in [0.25, 0.3) is 0 Å². The number of ether oxygens (including phenoxy) is 4. The van der Waals surface area contributed by atoms with Gasteiger partial charge in [0.1, 0.15) is 13.2 Å². The number of allylic oxidation sites excluding steroid dienone is 10. The van der Waals surface area contributed by atoms with Crippen molar-refractivity contribution >= 4 is 17.9 Å². The number of rotatable bonds is 46. The summed E-state index contributed by atoms with van der Waals surface area (Å²) in [5.41, 5.74) is 0. The molecule has 0 spiro atoms. The van der Waals surface area contributed by atoms with Crippen LogP contribution in [0.5, 0.6) is 0 Å². The Balaban J connectivity index is 4.41. The molecule has 0 amide bonds. The van der Waals surface area contributed by atoms with Gasteiger partial charge in [-0.1, -0.05) is 171 Å². The summed E-state index contributed by atoms with van der Waals surface area (Å²) >= 11 is 0. The zero-order valence-corrected chi connectivity index (χ0v) is 41.2. The van der Waals surface area contributed by atoms with Crippen LogP contribution in [0.2, 0.25) is 0 Å². The fourth-order valence-electron chi connectivity index (χ4n) is 6.75. The lowest BCUT2D eigenvalue weighted by atomic mass is 10.1. The van der Waals surface area contributed by atoms with Gasteiger partial charge in [-0.3, -0.25) is 9.59 Å². The van der Waals surface area contributed by atoms with Crippen LogP contribution in [0, 0.1) is 0 Å². The van der Waals surface area contributed by atoms with Gasteiger partial charge in [-0.05, 0) is 83.5 Å². The molecule has 2 unspecified atom stereocenters. The van der Waals surface area contributed by atoms with Gasteiger partial charge in [0.25, 0.3) is 0 Å². The topological polar surface area (TPSA) is 111 Å². The van der Waals surface area contributed by atoms with Crippen molar-refractivity contribution in [1.82, 2.24) is 0 Å². The minimum absolute atomic E-state index is 0.141. The molecule has 0 radical (unpaired) electrons. The number of hydrogen-bond acceptors (Lipinski definition) is 8. The molecule has 9 nitrogen and oxygen atoms in total. The Labute approximate surface area is 386 Å². The van der Waals surface area contributed by atoms with Crippen molar-refractivity contribution in [2.75, 3.05) is 47.5 Å². The molecule has 0 aromatic heterocycles. The summed E-state index contributed by atoms with van der Waals surface area (Å²) < 4.78 is 22.6. The molecule has 0 heterocycles. The number of carboxylic acid groups (broad SMARTS) is 1. The van der Waals surface area contributed by atoms with Crippen LogP contribution in [-0.4, -0.2) is 82.3 Å². The van der Waals surface area contributed by atoms with Crippen LogP contribution >= 0.6 is 0 Å². The van der Waals surface area contributed by atoms with E-state index in [-0.39, 0.29) is 38.6 Å². The van der Waals surface area contributed by atoms with Gasteiger partial charge in [0.2, 0.25) is 0 Å². The largest absolute Gasteiger partial charge is 0.545 e. The lowest BCUT2D eigenvalue weighted by Crippen LogP contribution is -2.44. The Morgan fingerprint density at radius 2 is 0.857 bits per heavy atom. The smallest absolute Gasteiger partial charge is 0.306 e. The van der Waals surface area contributed by atoms with Crippen LogP contribution in [0.3, 0.4) is 0 Å². The maximum absolute atomic E-state index is 12.8. The second kappa shape index (κ2) is 45.6. The van der Waals surface area contributed by atoms with Crippen molar-refractivity contribution in [2.24, 2.45) is 0 Å². The molecule has 0 fully saturated rings. The number of nitrogens with zero attached hydrogens (tertiary/aromatic N) is 1. The highest BCUT2D eigenvalue weighted by Gasteiger charge is 2.21. The van der Waals surface area contributed by atoms with E-state index >= 15 is 0 Å². The lowest BCUT2D eigenvalue weighted by molar-refractivity contribution is -0.870. The summed E-state index contributed by atoms with van der Waals surface area (Å²) in [5, 5.41) is 11.7. The number of unbranched alkanes of at least 4 members (excludes halogenated alkanes) is 21. The van der Waals surface area contributed by atoms with Gasteiger partial charge in [-0.25, -0.2) is 0 Å². The number of carbonyl (C=O) groups excluding carboxylic acids is 3. The maximum atomic E-state index is 12.8. The Morgan fingerprint density at radius 1 is 0.476 bits per heavy atom. The molecule has 0 saturated heterocycles. The average molecular weight is 886 g/mol. The number of carboxylic acids is 1. The molecule has 0 aliphatic heterocycles. The third kappa shape index (κ3) is 46.8. The zero-order valence-electron chi connectivity index (χ0n) is 41.2. The Morgan fingerprint density at radius 3 is 1.30 bits per heavy atom. The second-order valence-corrected chi connectivity index (χ2v) is 18.1. The third-order valence-corrected chi connectivity index (χ3v) is 10.7. The number of quaternary nitrogens is 1. The molecular weight excluding hydrogens is 791 g/mol. The van der Waals surface area contributed by atoms with Crippen LogP contribution in [0.4, 0.5) is 0 Å². The Bertz CT molecular complexity index is 1220. The van der Waals surface area contributed by atoms with Gasteiger partial charge < -0.3 is 33.3 Å². The summed E-state index contributed by atoms with van der Waals surface area (Å²) in [6.07, 6.45) is 52.4. The lowest BCUT2D eigenvalue weighted by Gasteiger charge is -2.26. The quantitative estimate of drug-likeness (QED) is 0.0195. The third-order valence-electron chi connectivity index (χ3n) is 10.7. The predicted molar refractivity (Wildman–Crippen MR) is 260 cm³/mol. The second-order valence-electron chi connectivity index (χ2n) is 18.1. The van der Waals surface area contributed by atoms with Gasteiger partial charge in [0.15, 0.2) is 12.4 Å². The molecule has 0 N–H and O–H groups in total. The van der Waals surface area contributed by atoms with Crippen molar-refractivity contribution < 1.29 is 42.9 Å². The van der Waals surface area contributed by atoms with E-state index in [1.165, 1.54) is 83.5 Å². The molecule has 0 saturated carbocycles. The van der Waals surface area contributed by atoms with Gasteiger partial charge in [0, 0.05) is 12.8 Å². The number of likely N-dealkylation sites (N-methyl/N-ethyl adjacent to an activating group) is 1. The summed E-state index contributed by atoms with van der Waals surface area (Å²) in [6.45, 7) is 4.68. The predicted octanol–water partition coefficient (Wildman–Crippen LogP) is 12.8. The van der Waals surface area contributed by atoms with E-state index in [0.717, 1.165) is 89.9 Å². The van der Waals surface area contributed by atoms with Crippen LogP contribution in [0.1, 0.15) is 206 Å². The van der Waals surface area contributed by atoms with Crippen molar-refractivity contribution in [3.63, 3.8) is 0 Å². The first kappa shape index (κ1) is 60.0. The molecule has 9 heteroatoms. The van der Waals surface area contributed by atoms with Gasteiger partial charge in [-0.2, -0.15) is 0 Å². The Hall–Kier alpha value is -3.01. The van der Waals surface area contributed by atoms with E-state index in [1.807, 2.05) is 21.1 Å². The molecule has 0 aromatic carbocycles. The Kier molecular flexibility index (Phi) is 43.4. The SMILES string of the molecule is CCCCC/C=C\C/C=C\CCCCCCCCCC(=O)OCC(COC(OCC[N+](C)(C)C)C(=O)[O-])OC(=O)CCCCCCCC/C=C\C/C=C\C/C=C\CCCCCCC. The van der Waals surface area contributed by atoms with E-state index < -0.39 is 24.3 Å². The molecule has 0 aromatic rings. The highest BCUT2D eigenvalue weighted by Crippen LogP contribution is 2.14. The van der Waals surface area contributed by atoms with E-state index in [0.29, 0.717) is 17.4 Å². The van der Waals surface area contributed by atoms with E-state index in [1.54, 1.807) is 0 Å². The van der Waals surface area contributed by atoms with E-state index in [4.69, 9.17) is 18.9 Å². The van der Waals surface area contributed by atoms with Gasteiger partial charge in [-0.15, -0.1) is 0 Å². The molecule has 0 aliphatic carbocycles. The summed E-state index contributed by atoms with van der Waals surface area (Å²) in [5.74, 6) is -2.31. The van der Waals surface area contributed by atoms with E-state index in [2.05, 4.69) is 74.6 Å². The number of carbonyl (C=O) groups is 3. The molecule has 0 bridgehead atoms. The normalized spacial score (nSPS) is 13.3. The summed E-state index contributed by atoms with van der Waals surface area (Å²) in [7, 11) is 5.90. The highest BCUT2D eigenvalue weighted by molar-refractivity contribution is 5.70. The summed E-state index contributed by atoms with van der Waals surface area (Å²) in [4.78, 5) is 37.1. The van der Waals surface area contributed by atoms with Crippen LogP contribution in [0.15, 0.2) is 60.8 Å². The highest BCUT2D eigenvalue weighted by atomic mass is 16.7. The molecule has 0 rings (SSSR count). The van der Waals surface area contributed by atoms with Crippen molar-refractivity contribution in [2.45, 2.75) is 219 Å². The number of esters is 2. The van der Waals surface area contributed by atoms with Gasteiger partial charge in [0.05, 0.1) is 40.3 Å². The van der Waals surface area contributed by atoms with Gasteiger partial charge >= 0.3 is 11.9 Å². The van der Waals surface area contributed by atoms with Crippen LogP contribution < -0.4 is 5.11 Å². The molecule has 2 atom stereocenters. The molecule has 63 heavy (non-hydrogen) atoms.